The number of amides is 1. The number of aromatic nitrogens is 1. The lowest BCUT2D eigenvalue weighted by atomic mass is 10.1. The van der Waals surface area contributed by atoms with Crippen LogP contribution in [0, 0.1) is 13.8 Å². The van der Waals surface area contributed by atoms with Crippen LogP contribution in [0.5, 0.6) is 5.75 Å². The van der Waals surface area contributed by atoms with Gasteiger partial charge in [-0.2, -0.15) is 0 Å². The highest BCUT2D eigenvalue weighted by molar-refractivity contribution is 9.10. The summed E-state index contributed by atoms with van der Waals surface area (Å²) in [5.41, 5.74) is 6.36. The van der Waals surface area contributed by atoms with E-state index in [4.69, 9.17) is 9.15 Å². The maximum Gasteiger partial charge on any atom is 0.255 e. The summed E-state index contributed by atoms with van der Waals surface area (Å²) in [6, 6.07) is 17.2. The third kappa shape index (κ3) is 4.09. The summed E-state index contributed by atoms with van der Waals surface area (Å²) in [5.74, 6) is 0.929. The van der Waals surface area contributed by atoms with Crippen molar-refractivity contribution in [2.24, 2.45) is 0 Å². The quantitative estimate of drug-likeness (QED) is 0.404. The highest BCUT2D eigenvalue weighted by atomic mass is 79.9. The van der Waals surface area contributed by atoms with Gasteiger partial charge in [0.05, 0.1) is 12.7 Å². The number of aryl methyl sites for hydroxylation is 2. The van der Waals surface area contributed by atoms with Crippen molar-refractivity contribution >= 4 is 32.9 Å². The summed E-state index contributed by atoms with van der Waals surface area (Å²) in [4.78, 5) is 17.2. The van der Waals surface area contributed by atoms with Crippen molar-refractivity contribution in [3.05, 3.63) is 81.3 Å². The van der Waals surface area contributed by atoms with Gasteiger partial charge in [-0.05, 0) is 73.0 Å². The molecule has 152 valence electrons. The third-order valence-corrected chi connectivity index (χ3v) is 5.56. The van der Waals surface area contributed by atoms with Crippen LogP contribution >= 0.6 is 15.9 Å². The molecule has 0 atom stereocenters. The number of carbonyl (C=O) groups is 1. The molecule has 0 aliphatic heterocycles. The van der Waals surface area contributed by atoms with Gasteiger partial charge < -0.3 is 14.5 Å². The number of hydrogen-bond donors (Lipinski definition) is 1. The van der Waals surface area contributed by atoms with Crippen LogP contribution in [0.3, 0.4) is 0 Å². The van der Waals surface area contributed by atoms with Gasteiger partial charge in [-0.25, -0.2) is 4.98 Å². The molecular weight excluding hydrogens is 444 g/mol. The number of benzene rings is 3. The van der Waals surface area contributed by atoms with Crippen molar-refractivity contribution in [2.75, 3.05) is 7.11 Å². The number of halogens is 1. The maximum absolute atomic E-state index is 12.6. The summed E-state index contributed by atoms with van der Waals surface area (Å²) in [6.45, 7) is 4.53. The summed E-state index contributed by atoms with van der Waals surface area (Å²) >= 11 is 3.39. The molecule has 0 aliphatic rings. The van der Waals surface area contributed by atoms with E-state index in [1.165, 1.54) is 11.1 Å². The summed E-state index contributed by atoms with van der Waals surface area (Å²) < 4.78 is 12.0. The molecule has 30 heavy (non-hydrogen) atoms. The Morgan fingerprint density at radius 2 is 1.80 bits per heavy atom. The molecule has 1 N–H and O–H groups in total. The van der Waals surface area contributed by atoms with Gasteiger partial charge in [0.25, 0.3) is 5.91 Å². The Morgan fingerprint density at radius 3 is 2.53 bits per heavy atom. The highest BCUT2D eigenvalue weighted by Crippen LogP contribution is 2.27. The van der Waals surface area contributed by atoms with Crippen LogP contribution in [0.4, 0.5) is 0 Å². The van der Waals surface area contributed by atoms with E-state index >= 15 is 0 Å². The summed E-state index contributed by atoms with van der Waals surface area (Å²) in [6.07, 6.45) is 0. The number of nitrogens with one attached hydrogen (secondary N) is 1. The molecule has 0 saturated carbocycles. The Balaban J connectivity index is 1.48. The van der Waals surface area contributed by atoms with Gasteiger partial charge in [0.15, 0.2) is 5.58 Å². The van der Waals surface area contributed by atoms with Crippen LogP contribution in [0.2, 0.25) is 0 Å². The molecule has 0 saturated heterocycles. The number of rotatable bonds is 5. The van der Waals surface area contributed by atoms with Crippen molar-refractivity contribution in [1.82, 2.24) is 10.3 Å². The number of carbonyl (C=O) groups excluding carboxylic acids is 1. The normalized spacial score (nSPS) is 10.9. The largest absolute Gasteiger partial charge is 0.496 e. The van der Waals surface area contributed by atoms with Gasteiger partial charge in [0.2, 0.25) is 5.89 Å². The molecule has 0 radical (unpaired) electrons. The van der Waals surface area contributed by atoms with Gasteiger partial charge in [0.1, 0.15) is 11.3 Å². The first-order valence-corrected chi connectivity index (χ1v) is 10.3. The summed E-state index contributed by atoms with van der Waals surface area (Å²) in [7, 11) is 1.55. The van der Waals surface area contributed by atoms with Crippen molar-refractivity contribution in [2.45, 2.75) is 20.4 Å². The van der Waals surface area contributed by atoms with E-state index in [1.54, 1.807) is 19.2 Å². The topological polar surface area (TPSA) is 64.4 Å². The highest BCUT2D eigenvalue weighted by Gasteiger charge is 2.13. The molecule has 0 aliphatic carbocycles. The molecule has 1 heterocycles. The van der Waals surface area contributed by atoms with Crippen LogP contribution in [-0.2, 0) is 6.54 Å². The Hall–Kier alpha value is -3.12. The Morgan fingerprint density at radius 1 is 1.07 bits per heavy atom. The average Bonchev–Trinajstić information content (AvgIpc) is 3.15. The first-order valence-electron chi connectivity index (χ1n) is 9.53. The minimum absolute atomic E-state index is 0.193. The zero-order chi connectivity index (χ0) is 21.3. The average molecular weight is 465 g/mol. The number of fused-ring (bicyclic) bond motifs is 1. The van der Waals surface area contributed by atoms with E-state index in [1.807, 2.05) is 42.5 Å². The van der Waals surface area contributed by atoms with E-state index in [0.29, 0.717) is 23.7 Å². The number of nitrogens with zero attached hydrogens (tertiary/aromatic N) is 1. The molecule has 4 rings (SSSR count). The first kappa shape index (κ1) is 20.2. The van der Waals surface area contributed by atoms with E-state index in [0.717, 1.165) is 26.7 Å². The Bertz CT molecular complexity index is 1190. The lowest BCUT2D eigenvalue weighted by Gasteiger charge is -2.10. The lowest BCUT2D eigenvalue weighted by Crippen LogP contribution is -2.23. The van der Waals surface area contributed by atoms with Gasteiger partial charge in [-0.15, -0.1) is 0 Å². The van der Waals surface area contributed by atoms with Crippen LogP contribution in [-0.4, -0.2) is 18.0 Å². The molecular formula is C24H21BrN2O3. The number of ether oxygens (including phenoxy) is 1. The van der Waals surface area contributed by atoms with Crippen LogP contribution in [0.25, 0.3) is 22.6 Å². The smallest absolute Gasteiger partial charge is 0.255 e. The van der Waals surface area contributed by atoms with Gasteiger partial charge in [0, 0.05) is 16.6 Å². The number of oxazole rings is 1. The molecule has 6 heteroatoms. The van der Waals surface area contributed by atoms with Crippen molar-refractivity contribution in [3.63, 3.8) is 0 Å². The van der Waals surface area contributed by atoms with Crippen molar-refractivity contribution < 1.29 is 13.9 Å². The van der Waals surface area contributed by atoms with Crippen LogP contribution < -0.4 is 10.1 Å². The molecule has 3 aromatic carbocycles. The fourth-order valence-electron chi connectivity index (χ4n) is 3.20. The Labute approximate surface area is 183 Å². The van der Waals surface area contributed by atoms with Crippen molar-refractivity contribution in [1.29, 1.82) is 0 Å². The summed E-state index contributed by atoms with van der Waals surface area (Å²) in [5, 5.41) is 2.93. The third-order valence-electron chi connectivity index (χ3n) is 5.06. The molecule has 0 fully saturated rings. The minimum atomic E-state index is -0.193. The number of methoxy groups -OCH3 is 1. The molecule has 5 nitrogen and oxygen atoms in total. The molecule has 1 aromatic heterocycles. The standard InChI is InChI=1S/C24H21BrN2O3/c1-14-10-20-22(11-15(14)2)30-24(27-20)17-6-4-16(5-7-17)13-26-23(28)19-12-18(25)8-9-21(19)29-3/h4-12H,13H2,1-3H3,(H,26,28). The molecule has 4 aromatic rings. The monoisotopic (exact) mass is 464 g/mol. The maximum atomic E-state index is 12.6. The second kappa shape index (κ2) is 8.32. The molecule has 0 bridgehead atoms. The van der Waals surface area contributed by atoms with Gasteiger partial charge in [-0.3, -0.25) is 4.79 Å². The SMILES string of the molecule is COc1ccc(Br)cc1C(=O)NCc1ccc(-c2nc3cc(C)c(C)cc3o2)cc1. The lowest BCUT2D eigenvalue weighted by molar-refractivity contribution is 0.0948. The van der Waals surface area contributed by atoms with Crippen LogP contribution in [0.1, 0.15) is 27.0 Å². The predicted octanol–water partition coefficient (Wildman–Crippen LogP) is 5.81. The second-order valence-electron chi connectivity index (χ2n) is 7.15. The van der Waals surface area contributed by atoms with Gasteiger partial charge >= 0.3 is 0 Å². The molecule has 0 spiro atoms. The predicted molar refractivity (Wildman–Crippen MR) is 121 cm³/mol. The molecule has 0 unspecified atom stereocenters. The van der Waals surface area contributed by atoms with E-state index in [9.17, 15) is 4.79 Å². The van der Waals surface area contributed by atoms with E-state index in [-0.39, 0.29) is 5.91 Å². The zero-order valence-corrected chi connectivity index (χ0v) is 18.5. The second-order valence-corrected chi connectivity index (χ2v) is 8.06. The zero-order valence-electron chi connectivity index (χ0n) is 17.0. The van der Waals surface area contributed by atoms with Crippen LogP contribution in [0.15, 0.2) is 63.5 Å². The molecule has 1 amide bonds. The Kier molecular flexibility index (Phi) is 5.59. The fourth-order valence-corrected chi connectivity index (χ4v) is 3.56. The number of hydrogen-bond acceptors (Lipinski definition) is 4. The first-order chi connectivity index (χ1) is 14.4. The fraction of sp³-hybridized carbons (Fsp3) is 0.167. The minimum Gasteiger partial charge on any atom is -0.496 e. The van der Waals surface area contributed by atoms with Gasteiger partial charge in [-0.1, -0.05) is 28.1 Å². The van der Waals surface area contributed by atoms with E-state index in [2.05, 4.69) is 40.1 Å². The van der Waals surface area contributed by atoms with Crippen molar-refractivity contribution in [3.8, 4) is 17.2 Å². The van der Waals surface area contributed by atoms with E-state index < -0.39 is 0 Å².